The average Bonchev–Trinajstić information content (AvgIpc) is 2.92. The van der Waals surface area contributed by atoms with E-state index in [0.717, 1.165) is 43.5 Å². The van der Waals surface area contributed by atoms with Crippen LogP contribution in [0.15, 0.2) is 36.1 Å². The molecule has 3 atom stereocenters. The van der Waals surface area contributed by atoms with Crippen LogP contribution in [0.4, 0.5) is 0 Å². The van der Waals surface area contributed by atoms with Crippen molar-refractivity contribution in [2.24, 2.45) is 5.92 Å². The minimum absolute atomic E-state index is 0.000161. The Bertz CT molecular complexity index is 892. The number of ether oxygens (including phenoxy) is 2. The lowest BCUT2D eigenvalue weighted by Gasteiger charge is -2.41. The highest BCUT2D eigenvalue weighted by Crippen LogP contribution is 2.40. The number of benzene rings is 1. The maximum atomic E-state index is 13.6. The van der Waals surface area contributed by atoms with Crippen molar-refractivity contribution >= 4 is 5.91 Å². The Morgan fingerprint density at radius 2 is 1.86 bits per heavy atom. The summed E-state index contributed by atoms with van der Waals surface area (Å²) < 4.78 is 12.2. The Labute approximate surface area is 210 Å². The van der Waals surface area contributed by atoms with Crippen molar-refractivity contribution < 1.29 is 19.4 Å². The molecule has 35 heavy (non-hydrogen) atoms. The predicted molar refractivity (Wildman–Crippen MR) is 137 cm³/mol. The zero-order valence-corrected chi connectivity index (χ0v) is 21.0. The Morgan fingerprint density at radius 1 is 1.14 bits per heavy atom. The molecule has 0 saturated carbocycles. The third kappa shape index (κ3) is 6.27. The Balaban J connectivity index is 1.52. The number of likely N-dealkylation sites (tertiary alicyclic amines) is 2. The highest BCUT2D eigenvalue weighted by molar-refractivity contribution is 5.92. The number of carbonyl (C=O) groups is 1. The lowest BCUT2D eigenvalue weighted by molar-refractivity contribution is -0.171. The van der Waals surface area contributed by atoms with Gasteiger partial charge in [-0.1, -0.05) is 24.5 Å². The van der Waals surface area contributed by atoms with Gasteiger partial charge in [0.15, 0.2) is 5.76 Å². The van der Waals surface area contributed by atoms with Gasteiger partial charge in [0.2, 0.25) is 6.29 Å². The van der Waals surface area contributed by atoms with E-state index in [9.17, 15) is 9.90 Å². The summed E-state index contributed by atoms with van der Waals surface area (Å²) in [5, 5.41) is 9.48. The first-order chi connectivity index (χ1) is 17.1. The summed E-state index contributed by atoms with van der Waals surface area (Å²) in [6, 6.07) is 8.52. The molecule has 3 aliphatic rings. The summed E-state index contributed by atoms with van der Waals surface area (Å²) in [7, 11) is 0. The van der Waals surface area contributed by atoms with Gasteiger partial charge >= 0.3 is 0 Å². The van der Waals surface area contributed by atoms with Crippen molar-refractivity contribution in [3.05, 3.63) is 47.2 Å². The van der Waals surface area contributed by atoms with Crippen molar-refractivity contribution in [2.75, 3.05) is 39.4 Å². The smallest absolute Gasteiger partial charge is 0.288 e. The third-order valence-electron chi connectivity index (χ3n) is 7.74. The number of rotatable bonds is 8. The van der Waals surface area contributed by atoms with Gasteiger partial charge in [-0.3, -0.25) is 4.79 Å². The number of aliphatic hydroxyl groups is 1. The van der Waals surface area contributed by atoms with Crippen LogP contribution in [-0.2, 0) is 14.3 Å². The number of aliphatic hydroxyl groups excluding tert-OH is 1. The van der Waals surface area contributed by atoms with E-state index in [0.29, 0.717) is 24.8 Å². The Morgan fingerprint density at radius 3 is 2.49 bits per heavy atom. The van der Waals surface area contributed by atoms with Gasteiger partial charge in [-0.15, -0.1) is 6.42 Å². The molecule has 1 aromatic rings. The second-order valence-electron chi connectivity index (χ2n) is 9.91. The first kappa shape index (κ1) is 25.8. The summed E-state index contributed by atoms with van der Waals surface area (Å²) in [6.45, 7) is 6.45. The minimum Gasteiger partial charge on any atom is -0.459 e. The number of terminal acetylenes is 1. The van der Waals surface area contributed by atoms with Gasteiger partial charge in [-0.25, -0.2) is 0 Å². The second kappa shape index (κ2) is 12.6. The van der Waals surface area contributed by atoms with Crippen LogP contribution in [0.3, 0.4) is 0 Å². The number of hydrogen-bond donors (Lipinski definition) is 1. The molecule has 0 bridgehead atoms. The molecule has 2 fully saturated rings. The number of hydrogen-bond acceptors (Lipinski definition) is 5. The molecule has 1 amide bonds. The van der Waals surface area contributed by atoms with Crippen molar-refractivity contribution in [3.8, 4) is 12.3 Å². The average molecular weight is 481 g/mol. The summed E-state index contributed by atoms with van der Waals surface area (Å²) in [5.41, 5.74) is 1.90. The molecule has 6 nitrogen and oxygen atoms in total. The van der Waals surface area contributed by atoms with Gasteiger partial charge in [0.1, 0.15) is 0 Å². The van der Waals surface area contributed by atoms with E-state index in [4.69, 9.17) is 15.9 Å². The van der Waals surface area contributed by atoms with Crippen LogP contribution in [0.25, 0.3) is 0 Å². The molecule has 0 radical (unpaired) electrons. The second-order valence-corrected chi connectivity index (χ2v) is 9.91. The summed E-state index contributed by atoms with van der Waals surface area (Å²) in [4.78, 5) is 18.1. The third-order valence-corrected chi connectivity index (χ3v) is 7.74. The standard InChI is InChI=1S/C29H40N2O4/c1-3-22-10-12-23(13-11-22)26-21-27(35-29(34-4-2)25(26)9-8-20-32)28(33)31-18-14-24(15-19-31)30-16-6-5-7-17-30/h1,10-13,21,24-26,29,32H,4-9,14-20H2,2H3/t25-,26+,29+/m1/s1. The fourth-order valence-corrected chi connectivity index (χ4v) is 5.81. The van der Waals surface area contributed by atoms with Gasteiger partial charge in [0, 0.05) is 49.7 Å². The zero-order valence-electron chi connectivity index (χ0n) is 21.0. The maximum absolute atomic E-state index is 13.6. The van der Waals surface area contributed by atoms with Crippen molar-refractivity contribution in [1.29, 1.82) is 0 Å². The predicted octanol–water partition coefficient (Wildman–Crippen LogP) is 3.89. The van der Waals surface area contributed by atoms with E-state index < -0.39 is 6.29 Å². The van der Waals surface area contributed by atoms with Crippen LogP contribution in [0.2, 0.25) is 0 Å². The summed E-state index contributed by atoms with van der Waals surface area (Å²) >= 11 is 0. The Kier molecular flexibility index (Phi) is 9.25. The van der Waals surface area contributed by atoms with Crippen molar-refractivity contribution in [2.45, 2.75) is 70.1 Å². The van der Waals surface area contributed by atoms with Crippen molar-refractivity contribution in [1.82, 2.24) is 9.80 Å². The van der Waals surface area contributed by atoms with Gasteiger partial charge in [-0.2, -0.15) is 0 Å². The van der Waals surface area contributed by atoms with Crippen LogP contribution < -0.4 is 0 Å². The van der Waals surface area contributed by atoms with E-state index >= 15 is 0 Å². The first-order valence-electron chi connectivity index (χ1n) is 13.4. The normalized spacial score (nSPS) is 26.0. The molecular weight excluding hydrogens is 440 g/mol. The fraction of sp³-hybridized carbons (Fsp3) is 0.621. The van der Waals surface area contributed by atoms with E-state index in [1.165, 1.54) is 32.4 Å². The fourth-order valence-electron chi connectivity index (χ4n) is 5.81. The monoisotopic (exact) mass is 480 g/mol. The van der Waals surface area contributed by atoms with Gasteiger partial charge < -0.3 is 24.4 Å². The molecule has 2 saturated heterocycles. The highest BCUT2D eigenvalue weighted by atomic mass is 16.7. The number of amides is 1. The number of piperidine rings is 2. The van der Waals surface area contributed by atoms with E-state index in [1.54, 1.807) is 0 Å². The molecule has 1 N–H and O–H groups in total. The SMILES string of the molecule is C#Cc1ccc([C@@H]2C=C(C(=O)N3CCC(N4CCCCC4)CC3)O[C@H](OCC)[C@@H]2CCCO)cc1. The maximum Gasteiger partial charge on any atom is 0.288 e. The lowest BCUT2D eigenvalue weighted by atomic mass is 9.80. The van der Waals surface area contributed by atoms with Crippen LogP contribution >= 0.6 is 0 Å². The van der Waals surface area contributed by atoms with E-state index in [2.05, 4.69) is 10.8 Å². The number of carbonyl (C=O) groups excluding carboxylic acids is 1. The largest absolute Gasteiger partial charge is 0.459 e. The minimum atomic E-state index is -0.529. The van der Waals surface area contributed by atoms with Gasteiger partial charge in [0.05, 0.1) is 0 Å². The van der Waals surface area contributed by atoms with Crippen LogP contribution in [0.1, 0.15) is 68.9 Å². The van der Waals surface area contributed by atoms with Crippen molar-refractivity contribution in [3.63, 3.8) is 0 Å². The number of nitrogens with zero attached hydrogens (tertiary/aromatic N) is 2. The highest BCUT2D eigenvalue weighted by Gasteiger charge is 2.39. The molecule has 190 valence electrons. The molecule has 3 heterocycles. The van der Waals surface area contributed by atoms with Crippen LogP contribution in [0, 0.1) is 18.3 Å². The quantitative estimate of drug-likeness (QED) is 0.572. The molecule has 0 unspecified atom stereocenters. The van der Waals surface area contributed by atoms with E-state index in [1.807, 2.05) is 42.2 Å². The van der Waals surface area contributed by atoms with Crippen LogP contribution in [0.5, 0.6) is 0 Å². The lowest BCUT2D eigenvalue weighted by Crippen LogP contribution is -2.49. The Hall–Kier alpha value is -2.33. The molecule has 0 aromatic heterocycles. The first-order valence-corrected chi connectivity index (χ1v) is 13.4. The molecule has 6 heteroatoms. The van der Waals surface area contributed by atoms with Gasteiger partial charge in [0.25, 0.3) is 5.91 Å². The molecule has 0 spiro atoms. The van der Waals surface area contributed by atoms with Crippen LogP contribution in [-0.4, -0.2) is 72.5 Å². The summed E-state index contributed by atoms with van der Waals surface area (Å²) in [6.07, 6.45) is 14.3. The molecule has 4 rings (SSSR count). The topological polar surface area (TPSA) is 62.2 Å². The summed E-state index contributed by atoms with van der Waals surface area (Å²) in [5.74, 6) is 2.95. The molecule has 3 aliphatic heterocycles. The zero-order chi connectivity index (χ0) is 24.6. The molecular formula is C29H40N2O4. The van der Waals surface area contributed by atoms with Gasteiger partial charge in [-0.05, 0) is 82.3 Å². The van der Waals surface area contributed by atoms with E-state index in [-0.39, 0.29) is 24.3 Å². The molecule has 1 aromatic carbocycles. The molecule has 0 aliphatic carbocycles. The number of allylic oxidation sites excluding steroid dienone is 1.